The fourth-order valence-corrected chi connectivity index (χ4v) is 2.29. The molecule has 0 aliphatic rings. The molecule has 0 radical (unpaired) electrons. The normalized spacial score (nSPS) is 10.8. The van der Waals surface area contributed by atoms with Crippen LogP contribution in [0, 0.1) is 0 Å². The zero-order valence-corrected chi connectivity index (χ0v) is 8.10. The molecule has 0 fully saturated rings. The second-order valence-electron chi connectivity index (χ2n) is 2.86. The molecule has 4 heteroatoms. The molecular weight excluding hydrogens is 184 g/mol. The van der Waals surface area contributed by atoms with Crippen molar-refractivity contribution in [3.8, 4) is 0 Å². The quantitative estimate of drug-likeness (QED) is 0.696. The van der Waals surface area contributed by atoms with Crippen LogP contribution in [0.15, 0.2) is 23.0 Å². The maximum Gasteiger partial charge on any atom is 0.326 e. The highest BCUT2D eigenvalue weighted by Crippen LogP contribution is 2.19. The molecule has 13 heavy (non-hydrogen) atoms. The maximum atomic E-state index is 11.3. The van der Waals surface area contributed by atoms with Crippen LogP contribution in [0.5, 0.6) is 0 Å². The number of hydrogen-bond donors (Lipinski definition) is 1. The number of aromatic nitrogens is 1. The molecule has 2 aromatic rings. The van der Waals surface area contributed by atoms with Crippen molar-refractivity contribution >= 4 is 21.6 Å². The minimum absolute atomic E-state index is 0.101. The predicted octanol–water partition coefficient (Wildman–Crippen LogP) is 1.34. The average Bonchev–Trinajstić information content (AvgIpc) is 2.43. The van der Waals surface area contributed by atoms with Crippen LogP contribution in [0.4, 0.5) is 0 Å². The Balaban J connectivity index is 2.95. The third kappa shape index (κ3) is 1.14. The van der Waals surface area contributed by atoms with Gasteiger partial charge in [-0.2, -0.15) is 0 Å². The summed E-state index contributed by atoms with van der Waals surface area (Å²) in [5, 5.41) is 0. The van der Waals surface area contributed by atoms with Gasteiger partial charge in [-0.3, -0.25) is 4.79 Å². The molecule has 1 aromatic carbocycles. The van der Waals surface area contributed by atoms with Crippen LogP contribution in [0.1, 0.15) is 12.5 Å². The molecule has 0 bridgehead atoms. The van der Waals surface area contributed by atoms with E-state index in [0.717, 1.165) is 22.2 Å². The zero-order chi connectivity index (χ0) is 9.42. The number of para-hydroxylation sites is 1. The summed E-state index contributed by atoms with van der Waals surface area (Å²) in [6.45, 7) is 2.05. The number of nitrogens with zero attached hydrogens (tertiary/aromatic N) is 1. The average molecular weight is 194 g/mol. The van der Waals surface area contributed by atoms with Gasteiger partial charge in [0.1, 0.15) is 0 Å². The molecule has 68 valence electrons. The molecule has 2 N–H and O–H groups in total. The summed E-state index contributed by atoms with van der Waals surface area (Å²) < 4.78 is 2.20. The Morgan fingerprint density at radius 1 is 1.54 bits per heavy atom. The van der Waals surface area contributed by atoms with Gasteiger partial charge in [-0.05, 0) is 18.1 Å². The van der Waals surface area contributed by atoms with E-state index in [2.05, 4.69) is 6.92 Å². The molecule has 1 heterocycles. The molecule has 0 aliphatic carbocycles. The lowest BCUT2D eigenvalue weighted by Gasteiger charge is -2.00. The smallest absolute Gasteiger partial charge is 0.326 e. The Labute approximate surface area is 79.4 Å². The predicted molar refractivity (Wildman–Crippen MR) is 55.6 cm³/mol. The van der Waals surface area contributed by atoms with Crippen molar-refractivity contribution in [2.75, 3.05) is 5.84 Å². The SMILES string of the molecule is CCc1cccc2sc(=O)n(N)c12. The molecule has 2 rings (SSSR count). The van der Waals surface area contributed by atoms with Crippen LogP contribution in [0.3, 0.4) is 0 Å². The number of rotatable bonds is 1. The summed E-state index contributed by atoms with van der Waals surface area (Å²) in [6, 6.07) is 5.87. The van der Waals surface area contributed by atoms with Crippen LogP contribution in [0.2, 0.25) is 0 Å². The van der Waals surface area contributed by atoms with Gasteiger partial charge in [0.05, 0.1) is 10.2 Å². The van der Waals surface area contributed by atoms with Crippen molar-refractivity contribution in [1.82, 2.24) is 4.68 Å². The summed E-state index contributed by atoms with van der Waals surface area (Å²) in [5.41, 5.74) is 2.00. The number of benzene rings is 1. The zero-order valence-electron chi connectivity index (χ0n) is 7.28. The summed E-state index contributed by atoms with van der Waals surface area (Å²) >= 11 is 1.19. The minimum Gasteiger partial charge on any atom is -0.335 e. The van der Waals surface area contributed by atoms with E-state index in [9.17, 15) is 4.79 Å². The van der Waals surface area contributed by atoms with Gasteiger partial charge in [0.25, 0.3) is 0 Å². The molecule has 0 saturated carbocycles. The molecular formula is C9H10N2OS. The Bertz CT molecular complexity index is 498. The van der Waals surface area contributed by atoms with E-state index in [4.69, 9.17) is 5.84 Å². The Morgan fingerprint density at radius 2 is 2.31 bits per heavy atom. The van der Waals surface area contributed by atoms with Gasteiger partial charge >= 0.3 is 4.87 Å². The first kappa shape index (κ1) is 8.31. The highest BCUT2D eigenvalue weighted by atomic mass is 32.1. The Hall–Kier alpha value is -1.29. The van der Waals surface area contributed by atoms with Gasteiger partial charge in [0, 0.05) is 0 Å². The van der Waals surface area contributed by atoms with Gasteiger partial charge in [-0.1, -0.05) is 30.4 Å². The second-order valence-corrected chi connectivity index (χ2v) is 3.85. The fourth-order valence-electron chi connectivity index (χ4n) is 1.44. The summed E-state index contributed by atoms with van der Waals surface area (Å²) in [7, 11) is 0. The lowest BCUT2D eigenvalue weighted by molar-refractivity contribution is 1.01. The Kier molecular flexibility index (Phi) is 1.84. The van der Waals surface area contributed by atoms with Gasteiger partial charge < -0.3 is 5.84 Å². The van der Waals surface area contributed by atoms with Crippen molar-refractivity contribution in [3.63, 3.8) is 0 Å². The van der Waals surface area contributed by atoms with Crippen LogP contribution < -0.4 is 10.7 Å². The van der Waals surface area contributed by atoms with Crippen molar-refractivity contribution in [2.24, 2.45) is 0 Å². The van der Waals surface area contributed by atoms with Crippen LogP contribution in [-0.4, -0.2) is 4.68 Å². The molecule has 0 atom stereocenters. The molecule has 0 spiro atoms. The lowest BCUT2D eigenvalue weighted by atomic mass is 10.1. The molecule has 0 unspecified atom stereocenters. The number of aryl methyl sites for hydroxylation is 1. The number of hydrogen-bond acceptors (Lipinski definition) is 3. The topological polar surface area (TPSA) is 48.0 Å². The van der Waals surface area contributed by atoms with E-state index in [1.54, 1.807) is 0 Å². The monoisotopic (exact) mass is 194 g/mol. The molecule has 0 saturated heterocycles. The number of thiazole rings is 1. The van der Waals surface area contributed by atoms with Crippen LogP contribution in [-0.2, 0) is 6.42 Å². The van der Waals surface area contributed by atoms with E-state index in [-0.39, 0.29) is 4.87 Å². The molecule has 3 nitrogen and oxygen atoms in total. The third-order valence-electron chi connectivity index (χ3n) is 2.10. The Morgan fingerprint density at radius 3 is 3.00 bits per heavy atom. The number of nitrogen functional groups attached to an aromatic ring is 1. The van der Waals surface area contributed by atoms with E-state index in [0.29, 0.717) is 0 Å². The number of nitrogens with two attached hydrogens (primary N) is 1. The van der Waals surface area contributed by atoms with Crippen molar-refractivity contribution in [3.05, 3.63) is 33.4 Å². The molecule has 1 aromatic heterocycles. The van der Waals surface area contributed by atoms with Crippen LogP contribution in [0.25, 0.3) is 10.2 Å². The molecule has 0 amide bonds. The van der Waals surface area contributed by atoms with E-state index in [1.807, 2.05) is 18.2 Å². The summed E-state index contributed by atoms with van der Waals surface area (Å²) in [4.78, 5) is 11.2. The van der Waals surface area contributed by atoms with E-state index >= 15 is 0 Å². The van der Waals surface area contributed by atoms with Gasteiger partial charge in [0.15, 0.2) is 0 Å². The van der Waals surface area contributed by atoms with Gasteiger partial charge in [0.2, 0.25) is 0 Å². The van der Waals surface area contributed by atoms with E-state index < -0.39 is 0 Å². The molecule has 0 aliphatic heterocycles. The fraction of sp³-hybridized carbons (Fsp3) is 0.222. The summed E-state index contributed by atoms with van der Waals surface area (Å²) in [5.74, 6) is 5.63. The largest absolute Gasteiger partial charge is 0.335 e. The van der Waals surface area contributed by atoms with Crippen molar-refractivity contribution < 1.29 is 0 Å². The first-order valence-corrected chi connectivity index (χ1v) is 4.94. The first-order chi connectivity index (χ1) is 6.24. The first-order valence-electron chi connectivity index (χ1n) is 4.12. The van der Waals surface area contributed by atoms with Crippen molar-refractivity contribution in [2.45, 2.75) is 13.3 Å². The van der Waals surface area contributed by atoms with Gasteiger partial charge in [-0.15, -0.1) is 0 Å². The van der Waals surface area contributed by atoms with Gasteiger partial charge in [-0.25, -0.2) is 4.68 Å². The highest BCUT2D eigenvalue weighted by Gasteiger charge is 2.07. The standard InChI is InChI=1S/C9H10N2OS/c1-2-6-4-3-5-7-8(6)11(10)9(12)13-7/h3-5H,2,10H2,1H3. The van der Waals surface area contributed by atoms with Crippen LogP contribution >= 0.6 is 11.3 Å². The maximum absolute atomic E-state index is 11.3. The van der Waals surface area contributed by atoms with E-state index in [1.165, 1.54) is 16.0 Å². The lowest BCUT2D eigenvalue weighted by Crippen LogP contribution is -2.21. The minimum atomic E-state index is -0.101. The highest BCUT2D eigenvalue weighted by molar-refractivity contribution is 7.16. The van der Waals surface area contributed by atoms with Crippen molar-refractivity contribution in [1.29, 1.82) is 0 Å². The third-order valence-corrected chi connectivity index (χ3v) is 3.02. The number of fused-ring (bicyclic) bond motifs is 1. The second kappa shape index (κ2) is 2.88. The summed E-state index contributed by atoms with van der Waals surface area (Å²) in [6.07, 6.45) is 0.894.